The van der Waals surface area contributed by atoms with Crippen LogP contribution in [0.1, 0.15) is 64.7 Å². The van der Waals surface area contributed by atoms with Gasteiger partial charge in [0.1, 0.15) is 0 Å². The molecule has 0 bridgehead atoms. The predicted octanol–water partition coefficient (Wildman–Crippen LogP) is 3.13. The molecule has 1 rings (SSSR count). The molecular weight excluding hydrogens is 405 g/mol. The summed E-state index contributed by atoms with van der Waals surface area (Å²) in [6, 6.07) is 0. The monoisotopic (exact) mass is 437 g/mol. The third-order valence-corrected chi connectivity index (χ3v) is 5.04. The van der Waals surface area contributed by atoms with Crippen LogP contribution in [0, 0.1) is 0 Å². The van der Waals surface area contributed by atoms with E-state index >= 15 is 0 Å². The molecule has 0 saturated carbocycles. The lowest BCUT2D eigenvalue weighted by Gasteiger charge is -2.34. The molecule has 1 aliphatic heterocycles. The van der Waals surface area contributed by atoms with Gasteiger partial charge >= 0.3 is 0 Å². The molecule has 0 aromatic rings. The Labute approximate surface area is 155 Å². The van der Waals surface area contributed by atoms with Crippen LogP contribution < -0.4 is 3.53 Å². The number of carbonyl (C=O) groups is 2. The van der Waals surface area contributed by atoms with E-state index in [1.54, 1.807) is 0 Å². The van der Waals surface area contributed by atoms with Crippen LogP contribution in [0.2, 0.25) is 0 Å². The molecule has 0 unspecified atom stereocenters. The van der Waals surface area contributed by atoms with Crippen LogP contribution in [0.15, 0.2) is 0 Å². The average molecular weight is 437 g/mol. The van der Waals surface area contributed by atoms with E-state index in [1.807, 2.05) is 27.8 Å². The van der Waals surface area contributed by atoms with Crippen molar-refractivity contribution in [2.24, 2.45) is 0 Å². The van der Waals surface area contributed by atoms with Crippen molar-refractivity contribution >= 4 is 34.7 Å². The van der Waals surface area contributed by atoms with Crippen molar-refractivity contribution < 1.29 is 9.59 Å². The molecule has 1 N–H and O–H groups in total. The van der Waals surface area contributed by atoms with Gasteiger partial charge in [0.05, 0.1) is 29.4 Å². The minimum absolute atomic E-state index is 0.0318. The van der Waals surface area contributed by atoms with Crippen LogP contribution in [0.5, 0.6) is 0 Å². The van der Waals surface area contributed by atoms with Gasteiger partial charge in [-0.25, -0.2) is 0 Å². The van der Waals surface area contributed by atoms with Gasteiger partial charge in [0.2, 0.25) is 11.8 Å². The summed E-state index contributed by atoms with van der Waals surface area (Å²) in [4.78, 5) is 27.6. The smallest absolute Gasteiger partial charge is 0.242 e. The SMILES string of the molecule is CCCCCCCCCCC(=O)N1CCN(CC(=O)NI)CC1. The molecule has 1 saturated heterocycles. The minimum Gasteiger partial charge on any atom is -0.340 e. The van der Waals surface area contributed by atoms with Gasteiger partial charge in [0.15, 0.2) is 0 Å². The van der Waals surface area contributed by atoms with E-state index in [4.69, 9.17) is 0 Å². The number of carbonyl (C=O) groups excluding carboxylic acids is 2. The van der Waals surface area contributed by atoms with Gasteiger partial charge in [-0.05, 0) is 6.42 Å². The zero-order valence-electron chi connectivity index (χ0n) is 14.5. The van der Waals surface area contributed by atoms with Crippen molar-refractivity contribution in [3.63, 3.8) is 0 Å². The van der Waals surface area contributed by atoms with E-state index in [9.17, 15) is 9.59 Å². The van der Waals surface area contributed by atoms with Crippen LogP contribution in [0.4, 0.5) is 0 Å². The molecule has 0 spiro atoms. The Hall–Kier alpha value is -0.370. The summed E-state index contributed by atoms with van der Waals surface area (Å²) in [5.74, 6) is 0.318. The second-order valence-corrected chi connectivity index (χ2v) is 6.94. The zero-order valence-corrected chi connectivity index (χ0v) is 16.6. The summed E-state index contributed by atoms with van der Waals surface area (Å²) in [7, 11) is 0. The van der Waals surface area contributed by atoms with Crippen molar-refractivity contribution in [1.29, 1.82) is 0 Å². The normalized spacial score (nSPS) is 15.7. The quantitative estimate of drug-likeness (QED) is 0.307. The van der Waals surface area contributed by atoms with Crippen molar-refractivity contribution in [3.8, 4) is 0 Å². The van der Waals surface area contributed by atoms with Crippen LogP contribution in [-0.2, 0) is 9.59 Å². The first-order valence-electron chi connectivity index (χ1n) is 9.07. The summed E-state index contributed by atoms with van der Waals surface area (Å²) in [6.07, 6.45) is 10.8. The highest BCUT2D eigenvalue weighted by atomic mass is 127. The van der Waals surface area contributed by atoms with E-state index < -0.39 is 0 Å². The van der Waals surface area contributed by atoms with Gasteiger partial charge in [0, 0.05) is 32.6 Å². The number of amides is 2. The van der Waals surface area contributed by atoms with Gasteiger partial charge in [-0.1, -0.05) is 51.9 Å². The average Bonchev–Trinajstić information content (AvgIpc) is 2.57. The van der Waals surface area contributed by atoms with Crippen molar-refractivity contribution in [2.75, 3.05) is 32.7 Å². The molecule has 2 amide bonds. The number of hydrogen-bond acceptors (Lipinski definition) is 3. The zero-order chi connectivity index (χ0) is 16.9. The molecule has 1 heterocycles. The largest absolute Gasteiger partial charge is 0.340 e. The Morgan fingerprint density at radius 2 is 1.48 bits per heavy atom. The molecule has 0 atom stereocenters. The Balaban J connectivity index is 2.02. The molecule has 1 fully saturated rings. The minimum atomic E-state index is 0.0318. The van der Waals surface area contributed by atoms with Gasteiger partial charge in [-0.2, -0.15) is 0 Å². The maximum absolute atomic E-state index is 12.2. The van der Waals surface area contributed by atoms with Crippen molar-refractivity contribution in [3.05, 3.63) is 0 Å². The van der Waals surface area contributed by atoms with E-state index in [0.29, 0.717) is 13.0 Å². The van der Waals surface area contributed by atoms with Gasteiger partial charge < -0.3 is 4.90 Å². The maximum atomic E-state index is 12.2. The predicted molar refractivity (Wildman–Crippen MR) is 102 cm³/mol. The van der Waals surface area contributed by atoms with Gasteiger partial charge in [-0.15, -0.1) is 0 Å². The Morgan fingerprint density at radius 1 is 0.913 bits per heavy atom. The molecule has 0 aliphatic carbocycles. The van der Waals surface area contributed by atoms with Gasteiger partial charge in [0.25, 0.3) is 0 Å². The molecule has 0 aromatic heterocycles. The molecule has 0 radical (unpaired) electrons. The first kappa shape index (κ1) is 20.7. The lowest BCUT2D eigenvalue weighted by molar-refractivity contribution is -0.133. The lowest BCUT2D eigenvalue weighted by Crippen LogP contribution is -2.50. The molecule has 134 valence electrons. The molecule has 23 heavy (non-hydrogen) atoms. The first-order valence-corrected chi connectivity index (χ1v) is 10.1. The topological polar surface area (TPSA) is 52.7 Å². The van der Waals surface area contributed by atoms with Crippen LogP contribution >= 0.6 is 22.9 Å². The van der Waals surface area contributed by atoms with Crippen LogP contribution in [0.25, 0.3) is 0 Å². The number of rotatable bonds is 11. The highest BCUT2D eigenvalue weighted by Crippen LogP contribution is 2.11. The third-order valence-electron chi connectivity index (χ3n) is 4.44. The van der Waals surface area contributed by atoms with E-state index in [1.165, 1.54) is 44.9 Å². The number of nitrogens with one attached hydrogen (secondary N) is 1. The van der Waals surface area contributed by atoms with Crippen molar-refractivity contribution in [2.45, 2.75) is 64.7 Å². The maximum Gasteiger partial charge on any atom is 0.242 e. The fraction of sp³-hybridized carbons (Fsp3) is 0.882. The standard InChI is InChI=1S/C17H32IN3O2/c1-2-3-4-5-6-7-8-9-10-17(23)21-13-11-20(12-14-21)15-16(22)19-18/h2-15H2,1H3,(H,19,22). The molecular formula is C17H32IN3O2. The highest BCUT2D eigenvalue weighted by Gasteiger charge is 2.21. The number of unbranched alkanes of at least 4 members (excludes halogenated alkanes) is 7. The second-order valence-electron chi connectivity index (χ2n) is 6.40. The molecule has 6 heteroatoms. The van der Waals surface area contributed by atoms with Crippen LogP contribution in [0.3, 0.4) is 0 Å². The van der Waals surface area contributed by atoms with E-state index in [2.05, 4.69) is 15.4 Å². The number of nitrogens with zero attached hydrogens (tertiary/aromatic N) is 2. The number of hydrogen-bond donors (Lipinski definition) is 1. The van der Waals surface area contributed by atoms with Crippen molar-refractivity contribution in [1.82, 2.24) is 13.3 Å². The fourth-order valence-corrected chi connectivity index (χ4v) is 3.13. The summed E-state index contributed by atoms with van der Waals surface area (Å²) < 4.78 is 2.61. The summed E-state index contributed by atoms with van der Waals surface area (Å²) in [5.41, 5.74) is 0. The van der Waals surface area contributed by atoms with Gasteiger partial charge in [-0.3, -0.25) is 18.0 Å². The number of halogens is 1. The van der Waals surface area contributed by atoms with Crippen LogP contribution in [-0.4, -0.2) is 54.3 Å². The highest BCUT2D eigenvalue weighted by molar-refractivity contribution is 14.1. The Kier molecular flexibility index (Phi) is 11.7. The fourth-order valence-electron chi connectivity index (χ4n) is 2.96. The molecule has 0 aromatic carbocycles. The molecule has 5 nitrogen and oxygen atoms in total. The Bertz CT molecular complexity index is 345. The van der Waals surface area contributed by atoms with E-state index in [0.717, 1.165) is 32.6 Å². The first-order chi connectivity index (χ1) is 11.2. The number of piperazine rings is 1. The molecule has 1 aliphatic rings. The summed E-state index contributed by atoms with van der Waals surface area (Å²) in [6.45, 7) is 5.78. The lowest BCUT2D eigenvalue weighted by atomic mass is 10.1. The Morgan fingerprint density at radius 3 is 2.04 bits per heavy atom. The summed E-state index contributed by atoms with van der Waals surface area (Å²) in [5, 5.41) is 0. The second kappa shape index (κ2) is 13.0. The van der Waals surface area contributed by atoms with E-state index in [-0.39, 0.29) is 11.8 Å². The summed E-state index contributed by atoms with van der Waals surface area (Å²) >= 11 is 1.86. The third kappa shape index (κ3) is 9.49.